The van der Waals surface area contributed by atoms with Crippen molar-refractivity contribution >= 4 is 5.84 Å². The van der Waals surface area contributed by atoms with E-state index in [4.69, 9.17) is 5.73 Å². The molecule has 0 heterocycles. The van der Waals surface area contributed by atoms with E-state index in [1.165, 1.54) is 24.0 Å². The summed E-state index contributed by atoms with van der Waals surface area (Å²) in [6.07, 6.45) is 7.68. The Morgan fingerprint density at radius 2 is 1.94 bits per heavy atom. The van der Waals surface area contributed by atoms with E-state index in [-0.39, 0.29) is 0 Å². The highest BCUT2D eigenvalue weighted by molar-refractivity contribution is 5.97. The lowest BCUT2D eigenvalue weighted by molar-refractivity contribution is 0.420. The fourth-order valence-electron chi connectivity index (χ4n) is 1.65. The second kappa shape index (κ2) is 9.89. The minimum atomic E-state index is 0.716. The molecule has 1 aliphatic rings. The van der Waals surface area contributed by atoms with Gasteiger partial charge in [-0.25, -0.2) is 0 Å². The quantitative estimate of drug-likeness (QED) is 0.616. The Balaban J connectivity index is 0.00000137. The fraction of sp³-hybridized carbons (Fsp3) is 0.667. The van der Waals surface area contributed by atoms with E-state index in [1.807, 2.05) is 27.9 Å². The Bertz CT molecular complexity index is 312. The number of hydrogen-bond acceptors (Lipinski definition) is 2. The second-order valence-electron chi connectivity index (χ2n) is 4.63. The average molecular weight is 251 g/mol. The van der Waals surface area contributed by atoms with Crippen molar-refractivity contribution in [2.24, 2.45) is 10.7 Å². The molecular formula is C15H29N3. The summed E-state index contributed by atoms with van der Waals surface area (Å²) in [7, 11) is 4.09. The van der Waals surface area contributed by atoms with Crippen molar-refractivity contribution in [3.63, 3.8) is 0 Å². The van der Waals surface area contributed by atoms with E-state index in [2.05, 4.69) is 29.0 Å². The molecule has 0 fully saturated rings. The summed E-state index contributed by atoms with van der Waals surface area (Å²) in [4.78, 5) is 6.52. The van der Waals surface area contributed by atoms with Gasteiger partial charge in [-0.2, -0.15) is 0 Å². The molecule has 0 bridgehead atoms. The lowest BCUT2D eigenvalue weighted by Gasteiger charge is -2.08. The number of allylic oxidation sites excluding steroid dienone is 3. The van der Waals surface area contributed by atoms with Crippen molar-refractivity contribution in [2.75, 3.05) is 27.2 Å². The van der Waals surface area contributed by atoms with Gasteiger partial charge in [0.25, 0.3) is 0 Å². The van der Waals surface area contributed by atoms with E-state index in [9.17, 15) is 0 Å². The number of hydrogen-bond donors (Lipinski definition) is 1. The van der Waals surface area contributed by atoms with Crippen LogP contribution in [0, 0.1) is 0 Å². The van der Waals surface area contributed by atoms with Gasteiger partial charge in [-0.1, -0.05) is 31.6 Å². The van der Waals surface area contributed by atoms with Crippen molar-refractivity contribution in [3.05, 3.63) is 23.3 Å². The highest BCUT2D eigenvalue weighted by Gasteiger charge is 2.05. The summed E-state index contributed by atoms with van der Waals surface area (Å²) in [5.74, 6) is 0.716. The van der Waals surface area contributed by atoms with Gasteiger partial charge in [0.05, 0.1) is 6.54 Å². The molecule has 1 rings (SSSR count). The smallest absolute Gasteiger partial charge is 0.121 e. The lowest BCUT2D eigenvalue weighted by atomic mass is 10.1. The van der Waals surface area contributed by atoms with Crippen LogP contribution in [0.2, 0.25) is 0 Å². The Labute approximate surface area is 112 Å². The average Bonchev–Trinajstić information content (AvgIpc) is 2.56. The van der Waals surface area contributed by atoms with Gasteiger partial charge >= 0.3 is 0 Å². The van der Waals surface area contributed by atoms with Crippen LogP contribution in [0.1, 0.15) is 40.0 Å². The molecule has 104 valence electrons. The van der Waals surface area contributed by atoms with E-state index < -0.39 is 0 Å². The topological polar surface area (TPSA) is 41.6 Å². The summed E-state index contributed by atoms with van der Waals surface area (Å²) in [5, 5.41) is 0. The molecular weight excluding hydrogens is 222 g/mol. The summed E-state index contributed by atoms with van der Waals surface area (Å²) >= 11 is 0. The molecule has 1 aliphatic carbocycles. The Hall–Kier alpha value is -1.09. The molecule has 0 radical (unpaired) electrons. The first-order valence-electron chi connectivity index (χ1n) is 6.91. The predicted molar refractivity (Wildman–Crippen MR) is 82.1 cm³/mol. The van der Waals surface area contributed by atoms with Crippen molar-refractivity contribution in [1.82, 2.24) is 4.90 Å². The number of nitrogens with two attached hydrogens (primary N) is 1. The minimum Gasteiger partial charge on any atom is -0.384 e. The highest BCUT2D eigenvalue weighted by atomic mass is 15.1. The number of rotatable bonds is 4. The van der Waals surface area contributed by atoms with Crippen LogP contribution < -0.4 is 5.73 Å². The molecule has 0 unspecified atom stereocenters. The van der Waals surface area contributed by atoms with Crippen LogP contribution >= 0.6 is 0 Å². The first kappa shape index (κ1) is 16.9. The molecule has 0 spiro atoms. The molecule has 0 aromatic heterocycles. The van der Waals surface area contributed by atoms with Crippen LogP contribution in [0.15, 0.2) is 28.3 Å². The zero-order valence-corrected chi connectivity index (χ0v) is 12.7. The van der Waals surface area contributed by atoms with Crippen molar-refractivity contribution in [1.29, 1.82) is 0 Å². The molecule has 3 heteroatoms. The molecule has 0 atom stereocenters. The SMILES string of the molecule is CC.CC1=CC=C(C(N)=NCCN(C)C)CCC1. The maximum atomic E-state index is 5.98. The molecule has 0 saturated carbocycles. The zero-order chi connectivity index (χ0) is 14.0. The van der Waals surface area contributed by atoms with Gasteiger partial charge in [-0.15, -0.1) is 0 Å². The van der Waals surface area contributed by atoms with Gasteiger partial charge in [0, 0.05) is 6.54 Å². The normalized spacial score (nSPS) is 16.4. The largest absolute Gasteiger partial charge is 0.384 e. The van der Waals surface area contributed by atoms with E-state index in [1.54, 1.807) is 0 Å². The van der Waals surface area contributed by atoms with Crippen LogP contribution in [0.5, 0.6) is 0 Å². The molecule has 0 amide bonds. The maximum Gasteiger partial charge on any atom is 0.121 e. The first-order chi connectivity index (χ1) is 8.59. The summed E-state index contributed by atoms with van der Waals surface area (Å²) < 4.78 is 0. The van der Waals surface area contributed by atoms with Crippen molar-refractivity contribution in [3.8, 4) is 0 Å². The summed E-state index contributed by atoms with van der Waals surface area (Å²) in [5.41, 5.74) is 8.60. The second-order valence-corrected chi connectivity index (χ2v) is 4.63. The molecule has 18 heavy (non-hydrogen) atoms. The standard InChI is InChI=1S/C13H23N3.C2H6/c1-11-5-4-6-12(8-7-11)13(14)15-9-10-16(2)3;1-2/h7-8H,4-6,9-10H2,1-3H3,(H2,14,15);1-2H3. The van der Waals surface area contributed by atoms with Gasteiger partial charge in [-0.3, -0.25) is 4.99 Å². The van der Waals surface area contributed by atoms with E-state index >= 15 is 0 Å². The van der Waals surface area contributed by atoms with Crippen LogP contribution in [0.25, 0.3) is 0 Å². The van der Waals surface area contributed by atoms with Gasteiger partial charge < -0.3 is 10.6 Å². The third-order valence-corrected chi connectivity index (χ3v) is 2.74. The van der Waals surface area contributed by atoms with Gasteiger partial charge in [0.1, 0.15) is 5.84 Å². The Morgan fingerprint density at radius 1 is 1.28 bits per heavy atom. The van der Waals surface area contributed by atoms with Gasteiger partial charge in [0.15, 0.2) is 0 Å². The third kappa shape index (κ3) is 7.28. The predicted octanol–water partition coefficient (Wildman–Crippen LogP) is 2.99. The molecule has 0 aromatic rings. The number of nitrogens with zero attached hydrogens (tertiary/aromatic N) is 2. The van der Waals surface area contributed by atoms with E-state index in [0.29, 0.717) is 5.84 Å². The number of likely N-dealkylation sites (N-methyl/N-ethyl adjacent to an activating group) is 1. The fourth-order valence-corrected chi connectivity index (χ4v) is 1.65. The highest BCUT2D eigenvalue weighted by Crippen LogP contribution is 2.17. The first-order valence-corrected chi connectivity index (χ1v) is 6.91. The molecule has 3 nitrogen and oxygen atoms in total. The molecule has 0 aliphatic heterocycles. The van der Waals surface area contributed by atoms with Crippen LogP contribution in [0.3, 0.4) is 0 Å². The molecule has 0 aromatic carbocycles. The van der Waals surface area contributed by atoms with Crippen LogP contribution in [-0.2, 0) is 0 Å². The Kier molecular flexibility index (Phi) is 9.29. The monoisotopic (exact) mass is 251 g/mol. The molecule has 0 saturated heterocycles. The molecule has 2 N–H and O–H groups in total. The maximum absolute atomic E-state index is 5.98. The van der Waals surface area contributed by atoms with Crippen LogP contribution in [-0.4, -0.2) is 37.9 Å². The van der Waals surface area contributed by atoms with Crippen molar-refractivity contribution in [2.45, 2.75) is 40.0 Å². The summed E-state index contributed by atoms with van der Waals surface area (Å²) in [6.45, 7) is 7.89. The van der Waals surface area contributed by atoms with E-state index in [0.717, 1.165) is 19.5 Å². The van der Waals surface area contributed by atoms with Gasteiger partial charge in [0.2, 0.25) is 0 Å². The summed E-state index contributed by atoms with van der Waals surface area (Å²) in [6, 6.07) is 0. The van der Waals surface area contributed by atoms with Crippen molar-refractivity contribution < 1.29 is 0 Å². The number of amidine groups is 1. The van der Waals surface area contributed by atoms with Crippen LogP contribution in [0.4, 0.5) is 0 Å². The Morgan fingerprint density at radius 3 is 2.56 bits per heavy atom. The third-order valence-electron chi connectivity index (χ3n) is 2.74. The number of aliphatic imine (C=N–C) groups is 1. The lowest BCUT2D eigenvalue weighted by Crippen LogP contribution is -2.20. The van der Waals surface area contributed by atoms with Gasteiger partial charge in [-0.05, 0) is 45.9 Å². The zero-order valence-electron chi connectivity index (χ0n) is 12.7. The minimum absolute atomic E-state index is 0.716.